The molecule has 8 fully saturated rings. The smallest absolute Gasteiger partial charge is 0.331 e. The summed E-state index contributed by atoms with van der Waals surface area (Å²) < 4.78 is 60.1. The molecule has 4 saturated heterocycles. The number of ether oxygens (including phenoxy) is 10. The molecule has 0 radical (unpaired) electrons. The molecule has 20 nitrogen and oxygen atoms in total. The van der Waals surface area contributed by atoms with Crippen molar-refractivity contribution in [3.63, 3.8) is 0 Å². The van der Waals surface area contributed by atoms with Gasteiger partial charge in [-0.05, 0) is 107 Å². The second-order valence-corrected chi connectivity index (χ2v) is 22.2. The molecule has 26 atom stereocenters. The van der Waals surface area contributed by atoms with Crippen LogP contribution in [0.3, 0.4) is 0 Å². The summed E-state index contributed by atoms with van der Waals surface area (Å²) in [7, 11) is 0. The number of hydrogen-bond donors (Lipinski definition) is 8. The van der Waals surface area contributed by atoms with E-state index in [2.05, 4.69) is 6.92 Å². The lowest BCUT2D eigenvalue weighted by atomic mass is 9.42. The molecule has 0 aromatic carbocycles. The number of fused-ring (bicyclic) bond motifs is 5. The fourth-order valence-electron chi connectivity index (χ4n) is 14.6. The van der Waals surface area contributed by atoms with Crippen molar-refractivity contribution in [3.05, 3.63) is 11.6 Å². The van der Waals surface area contributed by atoms with Gasteiger partial charge in [0.15, 0.2) is 25.2 Å². The van der Waals surface area contributed by atoms with Crippen molar-refractivity contribution < 1.29 is 97.8 Å². The van der Waals surface area contributed by atoms with Gasteiger partial charge >= 0.3 is 11.9 Å². The van der Waals surface area contributed by atoms with Gasteiger partial charge in [-0.3, -0.25) is 4.79 Å². The molecule has 17 unspecified atom stereocenters. The highest BCUT2D eigenvalue weighted by atomic mass is 16.8. The highest BCUT2D eigenvalue weighted by Crippen LogP contribution is 2.70. The summed E-state index contributed by atoms with van der Waals surface area (Å²) in [6.07, 6.45) is -11.1. The van der Waals surface area contributed by atoms with E-state index in [9.17, 15) is 50.4 Å². The average Bonchev–Trinajstić information content (AvgIpc) is 3.84. The predicted octanol–water partition coefficient (Wildman–Crippen LogP) is 0.613. The Hall–Kier alpha value is -1.96. The van der Waals surface area contributed by atoms with Gasteiger partial charge in [-0.25, -0.2) is 4.79 Å². The molecule has 69 heavy (non-hydrogen) atoms. The van der Waals surface area contributed by atoms with E-state index in [1.54, 1.807) is 26.8 Å². The number of rotatable bonds is 11. The quantitative estimate of drug-likeness (QED) is 0.104. The molecule has 0 aromatic rings. The van der Waals surface area contributed by atoms with Crippen LogP contribution in [0.1, 0.15) is 112 Å². The lowest BCUT2D eigenvalue weighted by molar-refractivity contribution is -0.355. The number of cyclic esters (lactones) is 1. The normalized spacial score (nSPS) is 53.3. The Kier molecular flexibility index (Phi) is 15.1. The van der Waals surface area contributed by atoms with Crippen molar-refractivity contribution in [2.75, 3.05) is 13.2 Å². The second kappa shape index (κ2) is 20.0. The van der Waals surface area contributed by atoms with E-state index >= 15 is 0 Å². The summed E-state index contributed by atoms with van der Waals surface area (Å²) in [4.78, 5) is 24.2. The second-order valence-electron chi connectivity index (χ2n) is 22.2. The molecule has 0 amide bonds. The molecule has 392 valence electrons. The highest BCUT2D eigenvalue weighted by molar-refractivity contribution is 5.85. The number of aliphatic hydroxyl groups excluding tert-OH is 7. The summed E-state index contributed by atoms with van der Waals surface area (Å²) in [6.45, 7) is 10.3. The molecule has 0 bridgehead atoms. The molecule has 5 aliphatic heterocycles. The van der Waals surface area contributed by atoms with E-state index in [4.69, 9.17) is 47.4 Å². The molecular formula is C49H76O20. The molecule has 20 heteroatoms. The fourth-order valence-corrected chi connectivity index (χ4v) is 14.6. The number of carbonyl (C=O) groups is 2. The van der Waals surface area contributed by atoms with Gasteiger partial charge in [0.1, 0.15) is 55.4 Å². The van der Waals surface area contributed by atoms with Crippen molar-refractivity contribution in [2.24, 2.45) is 34.5 Å². The zero-order valence-electron chi connectivity index (χ0n) is 40.5. The van der Waals surface area contributed by atoms with Crippen LogP contribution in [-0.2, 0) is 57.0 Å². The Labute approximate surface area is 402 Å². The first kappa shape index (κ1) is 51.9. The van der Waals surface area contributed by atoms with Gasteiger partial charge < -0.3 is 88.2 Å². The number of carbonyl (C=O) groups excluding carboxylic acids is 2. The van der Waals surface area contributed by atoms with Crippen LogP contribution in [0.5, 0.6) is 0 Å². The van der Waals surface area contributed by atoms with Crippen LogP contribution in [0.2, 0.25) is 0 Å². The largest absolute Gasteiger partial charge is 0.459 e. The van der Waals surface area contributed by atoms with E-state index in [1.165, 1.54) is 6.92 Å². The summed E-state index contributed by atoms with van der Waals surface area (Å²) in [5.41, 5.74) is -1.01. The molecule has 0 spiro atoms. The third kappa shape index (κ3) is 9.48. The lowest BCUT2D eigenvalue weighted by Gasteiger charge is -2.65. The predicted molar refractivity (Wildman–Crippen MR) is 235 cm³/mol. The van der Waals surface area contributed by atoms with Crippen LogP contribution >= 0.6 is 0 Å². The number of aliphatic hydroxyl groups is 8. The van der Waals surface area contributed by atoms with Gasteiger partial charge in [0.2, 0.25) is 0 Å². The van der Waals surface area contributed by atoms with Gasteiger partial charge in [0.25, 0.3) is 0 Å². The Balaban J connectivity index is 0.752. The zero-order valence-corrected chi connectivity index (χ0v) is 40.5. The number of esters is 2. The minimum absolute atomic E-state index is 0.00421. The van der Waals surface area contributed by atoms with Crippen molar-refractivity contribution in [2.45, 2.75) is 234 Å². The van der Waals surface area contributed by atoms with E-state index in [0.29, 0.717) is 25.2 Å². The van der Waals surface area contributed by atoms with Crippen LogP contribution in [0.25, 0.3) is 0 Å². The van der Waals surface area contributed by atoms with E-state index < -0.39 is 134 Å². The van der Waals surface area contributed by atoms with Crippen LogP contribution < -0.4 is 0 Å². The van der Waals surface area contributed by atoms with Gasteiger partial charge in [-0.2, -0.15) is 0 Å². The average molecular weight is 985 g/mol. The molecule has 4 aliphatic carbocycles. The van der Waals surface area contributed by atoms with Crippen LogP contribution in [0, 0.1) is 34.5 Å². The first-order valence-electron chi connectivity index (χ1n) is 25.3. The third-order valence-corrected chi connectivity index (χ3v) is 18.4. The molecule has 5 heterocycles. The van der Waals surface area contributed by atoms with Crippen molar-refractivity contribution in [1.29, 1.82) is 0 Å². The first-order valence-corrected chi connectivity index (χ1v) is 25.3. The third-order valence-electron chi connectivity index (χ3n) is 18.4. The van der Waals surface area contributed by atoms with Crippen molar-refractivity contribution in [3.8, 4) is 0 Å². The Morgan fingerprint density at radius 1 is 0.710 bits per heavy atom. The molecule has 9 aliphatic rings. The standard InChI is InChI=1S/C49H76O20/c1-21-43(67-38-17-32(53)44(22(2)62-38)68-39-18-33(64-24(4)51)45(23(3)63-39)69-46-42(58)41(57)40(56)34(19-50)66-46)31(52)16-37(61-21)65-27-9-11-47(5)26(14-27)7-8-29-30(47)15-35(54)48(6)28(10-12-49(29,48)59)25-13-36(55)60-20-25/h13,21-23,26-35,37-46,50,52-54,56-59H,7-12,14-20H2,1-6H3/t21?,22?,23?,26?,27?,28?,29?,30?,31-,32-,33-,34?,35?,37?,38?,39?,40-,41-,42+,43-,44-,45-,46?,47?,48?,49?/m1/s1. The van der Waals surface area contributed by atoms with Gasteiger partial charge in [-0.15, -0.1) is 0 Å². The molecule has 4 saturated carbocycles. The highest BCUT2D eigenvalue weighted by Gasteiger charge is 2.71. The summed E-state index contributed by atoms with van der Waals surface area (Å²) in [5.74, 6) is -0.580. The van der Waals surface area contributed by atoms with Crippen molar-refractivity contribution >= 4 is 11.9 Å². The number of hydrogen-bond acceptors (Lipinski definition) is 20. The molecular weight excluding hydrogens is 909 g/mol. The maximum absolute atomic E-state index is 12.6. The minimum Gasteiger partial charge on any atom is -0.459 e. The Morgan fingerprint density at radius 3 is 1.93 bits per heavy atom. The Bertz CT molecular complexity index is 1850. The maximum atomic E-state index is 12.6. The molecule has 9 rings (SSSR count). The molecule has 8 N–H and O–H groups in total. The van der Waals surface area contributed by atoms with Crippen LogP contribution in [0.15, 0.2) is 11.6 Å². The summed E-state index contributed by atoms with van der Waals surface area (Å²) >= 11 is 0. The Morgan fingerprint density at radius 2 is 1.33 bits per heavy atom. The zero-order chi connectivity index (χ0) is 49.5. The van der Waals surface area contributed by atoms with Crippen molar-refractivity contribution in [1.82, 2.24) is 0 Å². The van der Waals surface area contributed by atoms with Gasteiger partial charge in [0, 0.05) is 37.7 Å². The SMILES string of the molecule is CC(=O)O[C@@H]1CC(O[C@@H]2C(C)OC(O[C@@H]3C(C)OC(OC4CCC5(C)C(CCC6C5CC(O)C5(C)C(C7=CC(=O)OC7)CCC65O)C4)C[C@H]3O)C[C@H]2O)OC(C)[C@H]1OC1OC(CO)[C@@H](O)[C@@H](O)[C@@H]1O. The first-order chi connectivity index (χ1) is 32.6. The van der Waals surface area contributed by atoms with E-state index in [-0.39, 0.29) is 61.1 Å². The van der Waals surface area contributed by atoms with Crippen LogP contribution in [-0.4, -0.2) is 188 Å². The lowest BCUT2D eigenvalue weighted by Crippen LogP contribution is -2.67. The maximum Gasteiger partial charge on any atom is 0.331 e. The van der Waals surface area contributed by atoms with Crippen LogP contribution in [0.4, 0.5) is 0 Å². The monoisotopic (exact) mass is 984 g/mol. The molecule has 0 aromatic heterocycles. The van der Waals surface area contributed by atoms with Gasteiger partial charge in [0.05, 0.1) is 54.9 Å². The topological polar surface area (TPSA) is 288 Å². The fraction of sp³-hybridized carbons (Fsp3) is 0.918. The summed E-state index contributed by atoms with van der Waals surface area (Å²) in [6, 6.07) is 0. The van der Waals surface area contributed by atoms with E-state index in [1.807, 2.05) is 6.92 Å². The van der Waals surface area contributed by atoms with E-state index in [0.717, 1.165) is 37.7 Å². The minimum atomic E-state index is -1.69. The van der Waals surface area contributed by atoms with Gasteiger partial charge in [-0.1, -0.05) is 13.8 Å². The summed E-state index contributed by atoms with van der Waals surface area (Å²) in [5, 5.41) is 88.1.